The Morgan fingerprint density at radius 3 is 3.17 bits per heavy atom. The molecule has 3 nitrogen and oxygen atoms in total. The molecule has 2 heterocycles. The van der Waals surface area contributed by atoms with Crippen LogP contribution in [0, 0.1) is 0 Å². The van der Waals surface area contributed by atoms with Crippen molar-refractivity contribution in [2.75, 3.05) is 0 Å². The Morgan fingerprint density at radius 1 is 1.58 bits per heavy atom. The van der Waals surface area contributed by atoms with Gasteiger partial charge >= 0.3 is 0 Å². The Labute approximate surface area is 69.4 Å². The fraction of sp³-hybridized carbons (Fsp3) is 0.111. The number of aromatic amines is 1. The van der Waals surface area contributed by atoms with Crippen LogP contribution in [0.5, 0.6) is 0 Å². The van der Waals surface area contributed by atoms with Gasteiger partial charge < -0.3 is 4.98 Å². The fourth-order valence-electron chi connectivity index (χ4n) is 1.26. The highest BCUT2D eigenvalue weighted by atomic mass is 16.1. The number of fused-ring (bicyclic) bond motifs is 1. The molecule has 0 atom stereocenters. The summed E-state index contributed by atoms with van der Waals surface area (Å²) in [4.78, 5) is 18.0. The molecule has 0 aliphatic rings. The number of nitrogens with one attached hydrogen (secondary N) is 1. The second kappa shape index (κ2) is 2.44. The third kappa shape index (κ3) is 0.906. The van der Waals surface area contributed by atoms with Gasteiger partial charge in [-0.15, -0.1) is 0 Å². The monoisotopic (exact) mass is 160 g/mol. The Balaban J connectivity index is 2.79. The Morgan fingerprint density at radius 2 is 2.42 bits per heavy atom. The van der Waals surface area contributed by atoms with Crippen molar-refractivity contribution in [2.45, 2.75) is 6.92 Å². The zero-order valence-corrected chi connectivity index (χ0v) is 6.66. The summed E-state index contributed by atoms with van der Waals surface area (Å²) in [5.41, 5.74) is 1.63. The molecule has 0 unspecified atom stereocenters. The molecule has 2 rings (SSSR count). The van der Waals surface area contributed by atoms with E-state index in [0.717, 1.165) is 16.5 Å². The molecule has 1 N–H and O–H groups in total. The van der Waals surface area contributed by atoms with Crippen molar-refractivity contribution in [3.63, 3.8) is 0 Å². The lowest BCUT2D eigenvalue weighted by molar-refractivity contribution is 0.101. The first-order chi connectivity index (χ1) is 5.79. The van der Waals surface area contributed by atoms with Gasteiger partial charge in [0.1, 0.15) is 0 Å². The highest BCUT2D eigenvalue weighted by Gasteiger charge is 2.05. The lowest BCUT2D eigenvalue weighted by Crippen LogP contribution is -1.88. The van der Waals surface area contributed by atoms with E-state index in [1.165, 1.54) is 0 Å². The molecule has 2 aromatic heterocycles. The van der Waals surface area contributed by atoms with Crippen molar-refractivity contribution in [1.29, 1.82) is 0 Å². The number of hydrogen-bond donors (Lipinski definition) is 1. The number of ketones is 1. The number of H-pyrrole nitrogens is 1. The number of carbonyl (C=O) groups excluding carboxylic acids is 1. The Hall–Kier alpha value is -1.64. The number of aromatic nitrogens is 2. The van der Waals surface area contributed by atoms with E-state index in [9.17, 15) is 4.79 Å². The zero-order valence-electron chi connectivity index (χ0n) is 6.66. The molecule has 0 aliphatic heterocycles. The van der Waals surface area contributed by atoms with E-state index in [1.807, 2.05) is 6.07 Å². The van der Waals surface area contributed by atoms with E-state index in [4.69, 9.17) is 0 Å². The van der Waals surface area contributed by atoms with Crippen LogP contribution in [0.15, 0.2) is 24.7 Å². The molecular weight excluding hydrogens is 152 g/mol. The lowest BCUT2D eigenvalue weighted by atomic mass is 10.1. The number of hydrogen-bond acceptors (Lipinski definition) is 2. The summed E-state index contributed by atoms with van der Waals surface area (Å²) < 4.78 is 0. The molecule has 0 spiro atoms. The average Bonchev–Trinajstić information content (AvgIpc) is 2.47. The number of nitrogens with zero attached hydrogens (tertiary/aromatic N) is 1. The molecule has 60 valence electrons. The molecule has 0 saturated heterocycles. The van der Waals surface area contributed by atoms with Gasteiger partial charge in [0, 0.05) is 23.3 Å². The quantitative estimate of drug-likeness (QED) is 0.646. The van der Waals surface area contributed by atoms with Crippen LogP contribution < -0.4 is 0 Å². The van der Waals surface area contributed by atoms with Gasteiger partial charge in [0.2, 0.25) is 0 Å². The van der Waals surface area contributed by atoms with Crippen LogP contribution in [0.1, 0.15) is 17.3 Å². The third-order valence-corrected chi connectivity index (χ3v) is 1.86. The number of rotatable bonds is 1. The molecule has 2 aromatic rings. The van der Waals surface area contributed by atoms with Crippen molar-refractivity contribution in [2.24, 2.45) is 0 Å². The van der Waals surface area contributed by atoms with Crippen molar-refractivity contribution in [3.05, 3.63) is 30.2 Å². The van der Waals surface area contributed by atoms with Gasteiger partial charge in [-0.1, -0.05) is 0 Å². The van der Waals surface area contributed by atoms with E-state index in [2.05, 4.69) is 9.97 Å². The predicted molar refractivity (Wildman–Crippen MR) is 46.1 cm³/mol. The molecule has 0 saturated carbocycles. The topological polar surface area (TPSA) is 45.8 Å². The first kappa shape index (κ1) is 7.03. The molecule has 0 radical (unpaired) electrons. The first-order valence-corrected chi connectivity index (χ1v) is 3.71. The average molecular weight is 160 g/mol. The molecular formula is C9H8N2O. The molecule has 0 bridgehead atoms. The fourth-order valence-corrected chi connectivity index (χ4v) is 1.26. The van der Waals surface area contributed by atoms with E-state index < -0.39 is 0 Å². The van der Waals surface area contributed by atoms with Gasteiger partial charge in [-0.3, -0.25) is 9.78 Å². The minimum Gasteiger partial charge on any atom is -0.359 e. The first-order valence-electron chi connectivity index (χ1n) is 3.71. The zero-order chi connectivity index (χ0) is 8.55. The number of carbonyl (C=O) groups is 1. The second-order valence-corrected chi connectivity index (χ2v) is 2.68. The van der Waals surface area contributed by atoms with Crippen molar-refractivity contribution >= 4 is 16.7 Å². The highest BCUT2D eigenvalue weighted by Crippen LogP contribution is 2.16. The Bertz CT molecular complexity index is 431. The van der Waals surface area contributed by atoms with Gasteiger partial charge in [-0.05, 0) is 13.0 Å². The molecule has 0 amide bonds. The van der Waals surface area contributed by atoms with Crippen molar-refractivity contribution in [1.82, 2.24) is 9.97 Å². The van der Waals surface area contributed by atoms with Crippen molar-refractivity contribution < 1.29 is 4.79 Å². The maximum Gasteiger partial charge on any atom is 0.161 e. The number of pyridine rings is 1. The summed E-state index contributed by atoms with van der Waals surface area (Å²) in [6, 6.07) is 1.84. The van der Waals surface area contributed by atoms with Crippen LogP contribution in [-0.4, -0.2) is 15.8 Å². The van der Waals surface area contributed by atoms with Crippen LogP contribution in [0.3, 0.4) is 0 Å². The third-order valence-electron chi connectivity index (χ3n) is 1.86. The van der Waals surface area contributed by atoms with Crippen LogP contribution in [0.4, 0.5) is 0 Å². The van der Waals surface area contributed by atoms with Gasteiger partial charge in [-0.2, -0.15) is 0 Å². The molecule has 0 aliphatic carbocycles. The van der Waals surface area contributed by atoms with Crippen LogP contribution in [0.25, 0.3) is 10.9 Å². The van der Waals surface area contributed by atoms with Gasteiger partial charge in [-0.25, -0.2) is 0 Å². The van der Waals surface area contributed by atoms with Gasteiger partial charge in [0.15, 0.2) is 5.78 Å². The second-order valence-electron chi connectivity index (χ2n) is 2.68. The summed E-state index contributed by atoms with van der Waals surface area (Å²) in [6.45, 7) is 1.56. The normalized spacial score (nSPS) is 10.4. The number of Topliss-reactive ketones (excluding diaryl/α,β-unsaturated/α-hetero) is 1. The lowest BCUT2D eigenvalue weighted by Gasteiger charge is -1.89. The Kier molecular flexibility index (Phi) is 1.43. The predicted octanol–water partition coefficient (Wildman–Crippen LogP) is 1.77. The van der Waals surface area contributed by atoms with E-state index in [-0.39, 0.29) is 5.78 Å². The summed E-state index contributed by atoms with van der Waals surface area (Å²) in [5.74, 6) is 0.0763. The van der Waals surface area contributed by atoms with E-state index in [1.54, 1.807) is 25.5 Å². The standard InChI is InChI=1S/C9H8N2O/c1-6(12)8-4-11-9-5-10-3-2-7(8)9/h2-5,11H,1H3. The summed E-state index contributed by atoms with van der Waals surface area (Å²) in [6.07, 6.45) is 5.11. The molecule has 0 aromatic carbocycles. The van der Waals surface area contributed by atoms with Gasteiger partial charge in [0.25, 0.3) is 0 Å². The van der Waals surface area contributed by atoms with E-state index >= 15 is 0 Å². The van der Waals surface area contributed by atoms with Gasteiger partial charge in [0.05, 0.1) is 11.7 Å². The van der Waals surface area contributed by atoms with Crippen LogP contribution in [-0.2, 0) is 0 Å². The van der Waals surface area contributed by atoms with Crippen LogP contribution >= 0.6 is 0 Å². The summed E-state index contributed by atoms with van der Waals surface area (Å²) in [7, 11) is 0. The molecule has 12 heavy (non-hydrogen) atoms. The summed E-state index contributed by atoms with van der Waals surface area (Å²) in [5, 5.41) is 0.942. The summed E-state index contributed by atoms with van der Waals surface area (Å²) >= 11 is 0. The molecule has 0 fully saturated rings. The maximum atomic E-state index is 11.1. The maximum absolute atomic E-state index is 11.1. The van der Waals surface area contributed by atoms with Crippen LogP contribution in [0.2, 0.25) is 0 Å². The SMILES string of the molecule is CC(=O)c1c[nH]c2cnccc12. The minimum absolute atomic E-state index is 0.0763. The van der Waals surface area contributed by atoms with E-state index in [0.29, 0.717) is 0 Å². The smallest absolute Gasteiger partial charge is 0.161 e. The minimum atomic E-state index is 0.0763. The largest absolute Gasteiger partial charge is 0.359 e. The highest BCUT2D eigenvalue weighted by molar-refractivity contribution is 6.06. The molecule has 3 heteroatoms. The van der Waals surface area contributed by atoms with Crippen molar-refractivity contribution in [3.8, 4) is 0 Å².